The molecular weight excluding hydrogens is 822 g/mol. The van der Waals surface area contributed by atoms with Crippen LogP contribution in [0.15, 0.2) is 48.6 Å². The van der Waals surface area contributed by atoms with Crippen molar-refractivity contribution in [3.8, 4) is 0 Å². The van der Waals surface area contributed by atoms with Gasteiger partial charge in [-0.15, -0.1) is 0 Å². The van der Waals surface area contributed by atoms with Crippen LogP contribution in [0.3, 0.4) is 0 Å². The van der Waals surface area contributed by atoms with Gasteiger partial charge in [0.1, 0.15) is 19.8 Å². The number of nitrogens with zero attached hydrogens (tertiary/aromatic N) is 1. The quantitative estimate of drug-likeness (QED) is 0.0195. The van der Waals surface area contributed by atoms with Crippen LogP contribution in [-0.4, -0.2) is 70.0 Å². The molecule has 9 nitrogen and oxygen atoms in total. The average molecular weight is 922 g/mol. The average Bonchev–Trinajstić information content (AvgIpc) is 3.25. The van der Waals surface area contributed by atoms with Crippen molar-refractivity contribution in [3.05, 3.63) is 48.6 Å². The lowest BCUT2D eigenvalue weighted by atomic mass is 10.0. The Morgan fingerprint density at radius 3 is 1.30 bits per heavy atom. The molecule has 0 aromatic rings. The number of phosphoric ester groups is 1. The number of allylic oxidation sites excluding steroid dienone is 8. The van der Waals surface area contributed by atoms with E-state index in [2.05, 4.69) is 56.4 Å². The van der Waals surface area contributed by atoms with E-state index in [0.29, 0.717) is 23.9 Å². The maximum absolute atomic E-state index is 12.7. The molecule has 0 aliphatic heterocycles. The van der Waals surface area contributed by atoms with E-state index >= 15 is 0 Å². The van der Waals surface area contributed by atoms with Gasteiger partial charge in [-0.05, 0) is 51.4 Å². The topological polar surface area (TPSA) is 111 Å². The highest BCUT2D eigenvalue weighted by molar-refractivity contribution is 7.45. The molecule has 0 bridgehead atoms. The molecule has 0 aromatic heterocycles. The third-order valence-electron chi connectivity index (χ3n) is 11.4. The fourth-order valence-electron chi connectivity index (χ4n) is 7.24. The van der Waals surface area contributed by atoms with E-state index in [1.807, 2.05) is 27.2 Å². The van der Waals surface area contributed by atoms with E-state index in [9.17, 15) is 19.0 Å². The predicted octanol–water partition coefficient (Wildman–Crippen LogP) is 15.2. The minimum Gasteiger partial charge on any atom is -0.756 e. The van der Waals surface area contributed by atoms with Gasteiger partial charge in [-0.1, -0.05) is 217 Å². The second-order valence-electron chi connectivity index (χ2n) is 18.9. The monoisotopic (exact) mass is 922 g/mol. The molecular formula is C54H100NO8P. The van der Waals surface area contributed by atoms with Gasteiger partial charge in [-0.3, -0.25) is 14.2 Å². The van der Waals surface area contributed by atoms with Gasteiger partial charge in [0.05, 0.1) is 27.7 Å². The standard InChI is InChI=1S/C54H100NO8P/c1-6-8-10-12-14-16-18-20-22-24-26-27-29-31-33-35-37-39-41-43-45-47-54(57)63-52(51-62-64(58,59)61-49-48-55(3,4)5)50-60-53(56)46-44-42-40-38-36-34-32-30-28-25-23-21-19-17-15-13-11-9-7-2/h22,24,27,29,33,35,39,41,52H,6-21,23,25-26,28,30-32,34,36-38,40,42-51H2,1-5H3/b24-22+,29-27+,35-33+,41-39+/t52-/m1/s1. The molecule has 0 aliphatic carbocycles. The molecule has 64 heavy (non-hydrogen) atoms. The first-order chi connectivity index (χ1) is 31.0. The highest BCUT2D eigenvalue weighted by atomic mass is 31.2. The second-order valence-corrected chi connectivity index (χ2v) is 20.3. The van der Waals surface area contributed by atoms with Crippen LogP contribution in [0.4, 0.5) is 0 Å². The Morgan fingerprint density at radius 1 is 0.484 bits per heavy atom. The first kappa shape index (κ1) is 62.0. The van der Waals surface area contributed by atoms with Crippen LogP contribution in [0.2, 0.25) is 0 Å². The minimum atomic E-state index is -4.65. The number of hydrogen-bond donors (Lipinski definition) is 0. The Balaban J connectivity index is 4.33. The summed E-state index contributed by atoms with van der Waals surface area (Å²) in [5.41, 5.74) is 0. The summed E-state index contributed by atoms with van der Waals surface area (Å²) in [7, 11) is 1.14. The van der Waals surface area contributed by atoms with Crippen molar-refractivity contribution >= 4 is 19.8 Å². The third-order valence-corrected chi connectivity index (χ3v) is 12.3. The third kappa shape index (κ3) is 49.4. The second kappa shape index (κ2) is 46.1. The van der Waals surface area contributed by atoms with Crippen molar-refractivity contribution in [2.24, 2.45) is 0 Å². The number of hydrogen-bond acceptors (Lipinski definition) is 8. The van der Waals surface area contributed by atoms with Crippen molar-refractivity contribution in [1.82, 2.24) is 0 Å². The summed E-state index contributed by atoms with van der Waals surface area (Å²) >= 11 is 0. The molecule has 0 aromatic carbocycles. The lowest BCUT2D eigenvalue weighted by molar-refractivity contribution is -0.870. The summed E-state index contributed by atoms with van der Waals surface area (Å²) in [5, 5.41) is 0. The predicted molar refractivity (Wildman–Crippen MR) is 268 cm³/mol. The lowest BCUT2D eigenvalue weighted by Crippen LogP contribution is -2.37. The number of phosphoric acid groups is 1. The van der Waals surface area contributed by atoms with Gasteiger partial charge in [0.2, 0.25) is 0 Å². The summed E-state index contributed by atoms with van der Waals surface area (Å²) in [4.78, 5) is 37.7. The normalized spacial score (nSPS) is 13.8. The van der Waals surface area contributed by atoms with Gasteiger partial charge in [0.25, 0.3) is 7.82 Å². The number of unbranched alkanes of at least 4 members (excludes halogenated alkanes) is 26. The first-order valence-electron chi connectivity index (χ1n) is 26.3. The van der Waals surface area contributed by atoms with Crippen LogP contribution in [-0.2, 0) is 32.7 Å². The Bertz CT molecular complexity index is 1230. The number of ether oxygens (including phenoxy) is 2. The van der Waals surface area contributed by atoms with Crippen LogP contribution < -0.4 is 4.89 Å². The number of carbonyl (C=O) groups is 2. The number of rotatable bonds is 48. The lowest BCUT2D eigenvalue weighted by Gasteiger charge is -2.28. The van der Waals surface area contributed by atoms with Crippen LogP contribution in [0.1, 0.15) is 232 Å². The van der Waals surface area contributed by atoms with Crippen molar-refractivity contribution in [2.45, 2.75) is 238 Å². The van der Waals surface area contributed by atoms with E-state index in [1.165, 1.54) is 154 Å². The largest absolute Gasteiger partial charge is 0.756 e. The van der Waals surface area contributed by atoms with Crippen molar-refractivity contribution in [1.29, 1.82) is 0 Å². The summed E-state index contributed by atoms with van der Waals surface area (Å²) in [5.74, 6) is -0.892. The maximum atomic E-state index is 12.7. The fraction of sp³-hybridized carbons (Fsp3) is 0.815. The van der Waals surface area contributed by atoms with Crippen molar-refractivity contribution < 1.29 is 42.1 Å². The number of likely N-dealkylation sites (N-methyl/N-ethyl adjacent to an activating group) is 1. The van der Waals surface area contributed by atoms with Crippen molar-refractivity contribution in [3.63, 3.8) is 0 Å². The molecule has 0 fully saturated rings. The zero-order chi connectivity index (χ0) is 47.1. The summed E-state index contributed by atoms with van der Waals surface area (Å²) < 4.78 is 34.0. The molecule has 374 valence electrons. The van der Waals surface area contributed by atoms with Crippen LogP contribution >= 0.6 is 7.82 Å². The van der Waals surface area contributed by atoms with Gasteiger partial charge in [-0.25, -0.2) is 0 Å². The van der Waals surface area contributed by atoms with Gasteiger partial charge in [0, 0.05) is 12.8 Å². The van der Waals surface area contributed by atoms with Crippen molar-refractivity contribution in [2.75, 3.05) is 47.5 Å². The zero-order valence-corrected chi connectivity index (χ0v) is 43.1. The summed E-state index contributed by atoms with van der Waals surface area (Å²) in [6.45, 7) is 4.19. The Hall–Kier alpha value is -2.03. The van der Waals surface area contributed by atoms with E-state index in [4.69, 9.17) is 18.5 Å². The Kier molecular flexibility index (Phi) is 44.6. The van der Waals surface area contributed by atoms with E-state index in [1.54, 1.807) is 0 Å². The molecule has 0 spiro atoms. The SMILES string of the molecule is CCCCCCCCC/C=C/C/C=C/C/C=C/C/C=C/CCCC(=O)O[C@H](COC(=O)CCCCCCCCCCCCCCCCCCCCC)COP(=O)([O-])OCC[N+](C)(C)C. The molecule has 0 amide bonds. The number of esters is 2. The minimum absolute atomic E-state index is 0.0409. The van der Waals surface area contributed by atoms with Crippen LogP contribution in [0, 0.1) is 0 Å². The molecule has 0 N–H and O–H groups in total. The van der Waals surface area contributed by atoms with Gasteiger partial charge in [-0.2, -0.15) is 0 Å². The van der Waals surface area contributed by atoms with Crippen LogP contribution in [0.25, 0.3) is 0 Å². The number of quaternary nitrogens is 1. The van der Waals surface area contributed by atoms with E-state index in [0.717, 1.165) is 38.5 Å². The molecule has 0 heterocycles. The molecule has 10 heteroatoms. The molecule has 0 radical (unpaired) electrons. The van der Waals surface area contributed by atoms with Gasteiger partial charge in [0.15, 0.2) is 6.10 Å². The summed E-state index contributed by atoms with van der Waals surface area (Å²) in [6, 6.07) is 0. The first-order valence-corrected chi connectivity index (χ1v) is 27.8. The Morgan fingerprint density at radius 2 is 0.859 bits per heavy atom. The van der Waals surface area contributed by atoms with Gasteiger partial charge < -0.3 is 27.9 Å². The number of carbonyl (C=O) groups excluding carboxylic acids is 2. The van der Waals surface area contributed by atoms with E-state index in [-0.39, 0.29) is 26.1 Å². The zero-order valence-electron chi connectivity index (χ0n) is 42.2. The molecule has 0 saturated heterocycles. The fourth-order valence-corrected chi connectivity index (χ4v) is 7.97. The van der Waals surface area contributed by atoms with Crippen LogP contribution in [0.5, 0.6) is 0 Å². The maximum Gasteiger partial charge on any atom is 0.306 e. The van der Waals surface area contributed by atoms with E-state index < -0.39 is 32.5 Å². The summed E-state index contributed by atoms with van der Waals surface area (Å²) in [6.07, 6.45) is 55.8. The molecule has 0 saturated carbocycles. The highest BCUT2D eigenvalue weighted by Gasteiger charge is 2.21. The Labute approximate surface area is 394 Å². The van der Waals surface area contributed by atoms with Gasteiger partial charge >= 0.3 is 11.9 Å². The molecule has 0 rings (SSSR count). The highest BCUT2D eigenvalue weighted by Crippen LogP contribution is 2.38. The smallest absolute Gasteiger partial charge is 0.306 e. The molecule has 1 unspecified atom stereocenters. The molecule has 2 atom stereocenters. The molecule has 0 aliphatic rings.